The third kappa shape index (κ3) is 8.95. The van der Waals surface area contributed by atoms with E-state index in [2.05, 4.69) is 19.2 Å². The maximum absolute atomic E-state index is 12.9. The van der Waals surface area contributed by atoms with Crippen LogP contribution in [0.5, 0.6) is 5.75 Å². The zero-order chi connectivity index (χ0) is 24.2. The molecule has 1 saturated heterocycles. The van der Waals surface area contributed by atoms with Crippen molar-refractivity contribution in [2.45, 2.75) is 58.1 Å². The Morgan fingerprint density at radius 1 is 1.24 bits per heavy atom. The Kier molecular flexibility index (Phi) is 11.6. The van der Waals surface area contributed by atoms with Gasteiger partial charge in [-0.3, -0.25) is 9.59 Å². The average molecular weight is 464 g/mol. The van der Waals surface area contributed by atoms with Gasteiger partial charge in [0, 0.05) is 52.2 Å². The number of likely N-dealkylation sites (tertiary alicyclic amines) is 1. The third-order valence-corrected chi connectivity index (χ3v) is 6.25. The number of hydrogen-bond donors (Lipinski definition) is 3. The predicted octanol–water partition coefficient (Wildman–Crippen LogP) is 2.19. The Balaban J connectivity index is 1.89. The molecule has 1 aromatic carbocycles. The van der Waals surface area contributed by atoms with Gasteiger partial charge in [0.2, 0.25) is 5.91 Å². The minimum atomic E-state index is -0.787. The molecule has 1 fully saturated rings. The highest BCUT2D eigenvalue weighted by atomic mass is 16.5. The third-order valence-electron chi connectivity index (χ3n) is 6.25. The molecule has 8 nitrogen and oxygen atoms in total. The molecule has 1 aliphatic rings. The Morgan fingerprint density at radius 3 is 2.70 bits per heavy atom. The van der Waals surface area contributed by atoms with E-state index in [0.717, 1.165) is 19.3 Å². The summed E-state index contributed by atoms with van der Waals surface area (Å²) in [5.41, 5.74) is 6.80. The Morgan fingerprint density at radius 2 is 2.00 bits per heavy atom. The van der Waals surface area contributed by atoms with E-state index in [1.54, 1.807) is 24.1 Å². The molecule has 1 aromatic rings. The molecular weight excluding hydrogens is 422 g/mol. The van der Waals surface area contributed by atoms with Gasteiger partial charge >= 0.3 is 0 Å². The van der Waals surface area contributed by atoms with Crippen LogP contribution in [0.3, 0.4) is 0 Å². The summed E-state index contributed by atoms with van der Waals surface area (Å²) in [6, 6.07) is 6.71. The van der Waals surface area contributed by atoms with Crippen LogP contribution < -0.4 is 15.8 Å². The molecule has 0 aliphatic carbocycles. The van der Waals surface area contributed by atoms with Crippen LogP contribution in [0.1, 0.15) is 56.3 Å². The van der Waals surface area contributed by atoms with E-state index in [1.165, 1.54) is 0 Å². The highest BCUT2D eigenvalue weighted by Crippen LogP contribution is 2.21. The van der Waals surface area contributed by atoms with E-state index in [4.69, 9.17) is 15.2 Å². The van der Waals surface area contributed by atoms with Crippen LogP contribution in [-0.2, 0) is 9.53 Å². The number of carbonyl (C=O) groups is 2. The van der Waals surface area contributed by atoms with Crippen LogP contribution in [0.15, 0.2) is 24.3 Å². The molecule has 8 heteroatoms. The van der Waals surface area contributed by atoms with Crippen molar-refractivity contribution in [2.24, 2.45) is 17.6 Å². The molecule has 1 aliphatic heterocycles. The van der Waals surface area contributed by atoms with Gasteiger partial charge in [-0.1, -0.05) is 26.0 Å². The van der Waals surface area contributed by atoms with Gasteiger partial charge in [0.1, 0.15) is 5.75 Å². The summed E-state index contributed by atoms with van der Waals surface area (Å²) in [6.45, 7) is 6.62. The molecule has 0 saturated carbocycles. The molecule has 3 atom stereocenters. The number of nitrogens with two attached hydrogens (primary N) is 1. The van der Waals surface area contributed by atoms with E-state index in [-0.39, 0.29) is 30.2 Å². The number of rotatable bonds is 14. The summed E-state index contributed by atoms with van der Waals surface area (Å²) in [5.74, 6) is 0.788. The summed E-state index contributed by atoms with van der Waals surface area (Å²) in [7, 11) is 1.64. The Labute approximate surface area is 197 Å². The SMILES string of the molecule is COCCCOc1ccccc1C(=O)NCC(C[C@H](N)C(O)CN1CCCCC1=O)C(C)C. The van der Waals surface area contributed by atoms with Crippen LogP contribution in [0.25, 0.3) is 0 Å². The molecule has 0 bridgehead atoms. The fraction of sp³-hybridized carbons (Fsp3) is 0.680. The number of amides is 2. The van der Waals surface area contributed by atoms with E-state index in [1.807, 2.05) is 12.1 Å². The first-order valence-corrected chi connectivity index (χ1v) is 12.0. The second-order valence-corrected chi connectivity index (χ2v) is 9.17. The van der Waals surface area contributed by atoms with Gasteiger partial charge in [-0.2, -0.15) is 0 Å². The van der Waals surface area contributed by atoms with Crippen molar-refractivity contribution < 1.29 is 24.2 Å². The molecule has 4 N–H and O–H groups in total. The lowest BCUT2D eigenvalue weighted by Gasteiger charge is -2.32. The molecule has 2 rings (SSSR count). The maximum Gasteiger partial charge on any atom is 0.255 e. The first kappa shape index (κ1) is 27.1. The average Bonchev–Trinajstić information content (AvgIpc) is 2.80. The number of β-amino-alcohol motifs (C(OH)–C–C–N with tert-alkyl or cyclic N) is 1. The Bertz CT molecular complexity index is 743. The second-order valence-electron chi connectivity index (χ2n) is 9.17. The molecule has 1 heterocycles. The van der Waals surface area contributed by atoms with Crippen molar-refractivity contribution in [1.29, 1.82) is 0 Å². The van der Waals surface area contributed by atoms with Gasteiger partial charge in [-0.15, -0.1) is 0 Å². The number of para-hydroxylation sites is 1. The molecule has 2 unspecified atom stereocenters. The molecule has 0 spiro atoms. The maximum atomic E-state index is 12.9. The lowest BCUT2D eigenvalue weighted by atomic mass is 9.87. The van der Waals surface area contributed by atoms with Crippen molar-refractivity contribution in [2.75, 3.05) is 40.0 Å². The summed E-state index contributed by atoms with van der Waals surface area (Å²) in [4.78, 5) is 26.6. The second kappa shape index (κ2) is 14.2. The van der Waals surface area contributed by atoms with Crippen molar-refractivity contribution in [1.82, 2.24) is 10.2 Å². The molecule has 0 radical (unpaired) electrons. The number of methoxy groups -OCH3 is 1. The molecule has 33 heavy (non-hydrogen) atoms. The van der Waals surface area contributed by atoms with Crippen molar-refractivity contribution in [3.63, 3.8) is 0 Å². The van der Waals surface area contributed by atoms with Gasteiger partial charge < -0.3 is 30.5 Å². The predicted molar refractivity (Wildman–Crippen MR) is 128 cm³/mol. The van der Waals surface area contributed by atoms with Crippen molar-refractivity contribution >= 4 is 11.8 Å². The molecule has 2 amide bonds. The van der Waals surface area contributed by atoms with Crippen LogP contribution >= 0.6 is 0 Å². The summed E-state index contributed by atoms with van der Waals surface area (Å²) in [6.07, 6.45) is 2.92. The minimum absolute atomic E-state index is 0.0864. The molecular formula is C25H41N3O5. The standard InChI is InChI=1S/C25H41N3O5/c1-18(2)19(15-21(26)22(29)17-28-12-7-6-11-24(28)30)16-27-25(31)20-9-4-5-10-23(20)33-14-8-13-32-3/h4-5,9-10,18-19,21-22,29H,6-8,11-17,26H2,1-3H3,(H,27,31)/t19?,21-,22?/m0/s1. The normalized spacial score (nSPS) is 17.0. The monoisotopic (exact) mass is 463 g/mol. The summed E-state index contributed by atoms with van der Waals surface area (Å²) in [5, 5.41) is 13.6. The lowest BCUT2D eigenvalue weighted by molar-refractivity contribution is -0.135. The van der Waals surface area contributed by atoms with E-state index < -0.39 is 12.1 Å². The number of hydrogen-bond acceptors (Lipinski definition) is 6. The highest BCUT2D eigenvalue weighted by molar-refractivity contribution is 5.96. The topological polar surface area (TPSA) is 114 Å². The van der Waals surface area contributed by atoms with E-state index >= 15 is 0 Å². The van der Waals surface area contributed by atoms with E-state index in [9.17, 15) is 14.7 Å². The summed E-state index contributed by atoms with van der Waals surface area (Å²) >= 11 is 0. The fourth-order valence-corrected chi connectivity index (χ4v) is 4.00. The Hall–Kier alpha value is -2.16. The van der Waals surface area contributed by atoms with Crippen LogP contribution in [0.4, 0.5) is 0 Å². The van der Waals surface area contributed by atoms with Crippen molar-refractivity contribution in [3.8, 4) is 5.75 Å². The minimum Gasteiger partial charge on any atom is -0.493 e. The molecule has 186 valence electrons. The van der Waals surface area contributed by atoms with Gasteiger partial charge in [-0.25, -0.2) is 0 Å². The van der Waals surface area contributed by atoms with Gasteiger partial charge in [0.25, 0.3) is 5.91 Å². The number of piperidine rings is 1. The fourth-order valence-electron chi connectivity index (χ4n) is 4.00. The largest absolute Gasteiger partial charge is 0.493 e. The van der Waals surface area contributed by atoms with Crippen LogP contribution in [0.2, 0.25) is 0 Å². The van der Waals surface area contributed by atoms with Crippen LogP contribution in [0, 0.1) is 11.8 Å². The summed E-state index contributed by atoms with van der Waals surface area (Å²) < 4.78 is 10.8. The number of nitrogens with one attached hydrogen (secondary N) is 1. The van der Waals surface area contributed by atoms with Crippen molar-refractivity contribution in [3.05, 3.63) is 29.8 Å². The van der Waals surface area contributed by atoms with Gasteiger partial charge in [-0.05, 0) is 43.2 Å². The number of aliphatic hydroxyl groups excluding tert-OH is 1. The van der Waals surface area contributed by atoms with Gasteiger partial charge in [0.15, 0.2) is 0 Å². The van der Waals surface area contributed by atoms with E-state index in [0.29, 0.717) is 50.5 Å². The molecule has 0 aromatic heterocycles. The first-order chi connectivity index (χ1) is 15.8. The number of carbonyl (C=O) groups excluding carboxylic acids is 2. The quantitative estimate of drug-likeness (QED) is 0.365. The van der Waals surface area contributed by atoms with Crippen LogP contribution in [-0.4, -0.2) is 73.9 Å². The first-order valence-electron chi connectivity index (χ1n) is 12.0. The van der Waals surface area contributed by atoms with Gasteiger partial charge in [0.05, 0.1) is 18.3 Å². The number of aliphatic hydroxyl groups is 1. The number of benzene rings is 1. The number of ether oxygens (including phenoxy) is 2. The zero-order valence-electron chi connectivity index (χ0n) is 20.3. The smallest absolute Gasteiger partial charge is 0.255 e. The number of nitrogens with zero attached hydrogens (tertiary/aromatic N) is 1. The lowest BCUT2D eigenvalue weighted by Crippen LogP contribution is -2.48. The highest BCUT2D eigenvalue weighted by Gasteiger charge is 2.27. The zero-order valence-corrected chi connectivity index (χ0v) is 20.3.